The lowest BCUT2D eigenvalue weighted by Gasteiger charge is -2.35. The summed E-state index contributed by atoms with van der Waals surface area (Å²) in [7, 11) is 0. The van der Waals surface area contributed by atoms with Crippen molar-refractivity contribution in [3.63, 3.8) is 0 Å². The van der Waals surface area contributed by atoms with Gasteiger partial charge < -0.3 is 15.2 Å². The van der Waals surface area contributed by atoms with E-state index < -0.39 is 11.7 Å². The normalized spacial score (nSPS) is 21.4. The van der Waals surface area contributed by atoms with E-state index in [1.165, 1.54) is 17.7 Å². The Balaban J connectivity index is 1.39. The molecule has 0 saturated carbocycles. The van der Waals surface area contributed by atoms with Crippen LogP contribution in [0.4, 0.5) is 10.1 Å². The number of anilines is 1. The summed E-state index contributed by atoms with van der Waals surface area (Å²) in [6, 6.07) is 10.4. The summed E-state index contributed by atoms with van der Waals surface area (Å²) in [5.74, 6) is -0.314. The molecule has 30 heavy (non-hydrogen) atoms. The topological polar surface area (TPSA) is 78.1 Å². The fourth-order valence-corrected chi connectivity index (χ4v) is 4.61. The maximum atomic E-state index is 13.6. The van der Waals surface area contributed by atoms with Gasteiger partial charge in [-0.3, -0.25) is 9.59 Å². The molecule has 3 heterocycles. The minimum Gasteiger partial charge on any atom is -0.342 e. The Morgan fingerprint density at radius 3 is 2.97 bits per heavy atom. The monoisotopic (exact) mass is 406 g/mol. The van der Waals surface area contributed by atoms with Crippen LogP contribution in [0.2, 0.25) is 0 Å². The van der Waals surface area contributed by atoms with Crippen LogP contribution in [0, 0.1) is 12.7 Å². The molecule has 2 aromatic carbocycles. The average Bonchev–Trinajstić information content (AvgIpc) is 3.15. The zero-order chi connectivity index (χ0) is 20.8. The molecule has 1 fully saturated rings. The van der Waals surface area contributed by atoms with E-state index in [-0.39, 0.29) is 24.2 Å². The molecule has 1 aromatic heterocycles. The van der Waals surface area contributed by atoms with Crippen LogP contribution in [0.15, 0.2) is 36.4 Å². The summed E-state index contributed by atoms with van der Waals surface area (Å²) in [6.45, 7) is 3.26. The fourth-order valence-electron chi connectivity index (χ4n) is 4.61. The first-order valence-electron chi connectivity index (χ1n) is 10.3. The van der Waals surface area contributed by atoms with Crippen LogP contribution in [0.5, 0.6) is 0 Å². The third-order valence-corrected chi connectivity index (χ3v) is 6.13. The zero-order valence-corrected chi connectivity index (χ0v) is 16.7. The largest absolute Gasteiger partial charge is 0.342 e. The Morgan fingerprint density at radius 2 is 2.10 bits per heavy atom. The summed E-state index contributed by atoms with van der Waals surface area (Å²) in [5, 5.41) is 2.68. The molecule has 5 rings (SSSR count). The SMILES string of the molecule is Cc1ccc2nc(C3CCCN(C(=O)C4CC(=O)Nc5cc(F)ccc54)C3)[nH]c2c1. The predicted octanol–water partition coefficient (Wildman–Crippen LogP) is 3.84. The Morgan fingerprint density at radius 1 is 1.23 bits per heavy atom. The van der Waals surface area contributed by atoms with Gasteiger partial charge in [-0.2, -0.15) is 0 Å². The number of aromatic nitrogens is 2. The van der Waals surface area contributed by atoms with Crippen LogP contribution in [0.3, 0.4) is 0 Å². The molecule has 2 unspecified atom stereocenters. The van der Waals surface area contributed by atoms with E-state index in [4.69, 9.17) is 4.98 Å². The molecule has 2 N–H and O–H groups in total. The van der Waals surface area contributed by atoms with Gasteiger partial charge in [0, 0.05) is 31.1 Å². The van der Waals surface area contributed by atoms with Gasteiger partial charge in [-0.25, -0.2) is 9.37 Å². The highest BCUT2D eigenvalue weighted by molar-refractivity contribution is 6.01. The van der Waals surface area contributed by atoms with Gasteiger partial charge in [0.05, 0.1) is 17.0 Å². The molecule has 2 atom stereocenters. The van der Waals surface area contributed by atoms with Crippen molar-refractivity contribution >= 4 is 28.5 Å². The predicted molar refractivity (Wildman–Crippen MR) is 112 cm³/mol. The maximum Gasteiger partial charge on any atom is 0.230 e. The van der Waals surface area contributed by atoms with Crippen molar-refractivity contribution < 1.29 is 14.0 Å². The molecule has 2 aliphatic rings. The van der Waals surface area contributed by atoms with Crippen LogP contribution in [-0.4, -0.2) is 39.8 Å². The second kappa shape index (κ2) is 7.23. The summed E-state index contributed by atoms with van der Waals surface area (Å²) in [5.41, 5.74) is 4.18. The minimum absolute atomic E-state index is 0.0747. The number of carbonyl (C=O) groups excluding carboxylic acids is 2. The van der Waals surface area contributed by atoms with Crippen molar-refractivity contribution in [3.8, 4) is 0 Å². The van der Waals surface area contributed by atoms with E-state index in [0.29, 0.717) is 24.3 Å². The van der Waals surface area contributed by atoms with Gasteiger partial charge in [-0.15, -0.1) is 0 Å². The second-order valence-corrected chi connectivity index (χ2v) is 8.30. The molecule has 0 radical (unpaired) electrons. The number of likely N-dealkylation sites (tertiary alicyclic amines) is 1. The first kappa shape index (κ1) is 18.8. The number of carbonyl (C=O) groups is 2. The van der Waals surface area contributed by atoms with E-state index >= 15 is 0 Å². The molecule has 6 nitrogen and oxygen atoms in total. The molecule has 154 valence electrons. The number of benzene rings is 2. The summed E-state index contributed by atoms with van der Waals surface area (Å²) in [6.07, 6.45) is 1.92. The first-order valence-corrected chi connectivity index (χ1v) is 10.3. The standard InChI is InChI=1S/C23H23FN4O2/c1-13-4-7-18-20(9-13)27-22(26-18)14-3-2-8-28(12-14)23(30)17-11-21(29)25-19-10-15(24)5-6-16(17)19/h4-7,9-10,14,17H,2-3,8,11-12H2,1H3,(H,25,29)(H,26,27). The van der Waals surface area contributed by atoms with E-state index in [2.05, 4.69) is 16.4 Å². The third-order valence-electron chi connectivity index (χ3n) is 6.13. The van der Waals surface area contributed by atoms with Crippen LogP contribution < -0.4 is 5.32 Å². The summed E-state index contributed by atoms with van der Waals surface area (Å²) < 4.78 is 13.6. The van der Waals surface area contributed by atoms with Crippen molar-refractivity contribution in [2.75, 3.05) is 18.4 Å². The van der Waals surface area contributed by atoms with Gasteiger partial charge in [0.2, 0.25) is 11.8 Å². The number of nitrogens with zero attached hydrogens (tertiary/aromatic N) is 2. The number of aromatic amines is 1. The Kier molecular flexibility index (Phi) is 4.53. The lowest BCUT2D eigenvalue weighted by molar-refractivity contribution is -0.136. The molecule has 7 heteroatoms. The van der Waals surface area contributed by atoms with Gasteiger partial charge in [-0.05, 0) is 55.2 Å². The molecule has 0 spiro atoms. The number of fused-ring (bicyclic) bond motifs is 2. The number of aryl methyl sites for hydroxylation is 1. The molecular weight excluding hydrogens is 383 g/mol. The number of hydrogen-bond donors (Lipinski definition) is 2. The fraction of sp³-hybridized carbons (Fsp3) is 0.348. The highest BCUT2D eigenvalue weighted by Gasteiger charge is 2.36. The number of rotatable bonds is 2. The third kappa shape index (κ3) is 3.34. The molecule has 1 saturated heterocycles. The van der Waals surface area contributed by atoms with Crippen LogP contribution >= 0.6 is 0 Å². The van der Waals surface area contributed by atoms with E-state index in [1.807, 2.05) is 24.0 Å². The van der Waals surface area contributed by atoms with Gasteiger partial charge in [0.1, 0.15) is 11.6 Å². The van der Waals surface area contributed by atoms with E-state index in [9.17, 15) is 14.0 Å². The molecule has 2 aliphatic heterocycles. The second-order valence-electron chi connectivity index (χ2n) is 8.30. The molecular formula is C23H23FN4O2. The lowest BCUT2D eigenvalue weighted by Crippen LogP contribution is -2.43. The summed E-state index contributed by atoms with van der Waals surface area (Å²) >= 11 is 0. The number of halogens is 1. The highest BCUT2D eigenvalue weighted by Crippen LogP contribution is 2.36. The lowest BCUT2D eigenvalue weighted by atomic mass is 9.88. The van der Waals surface area contributed by atoms with Crippen molar-refractivity contribution in [1.29, 1.82) is 0 Å². The molecule has 0 bridgehead atoms. The van der Waals surface area contributed by atoms with Crippen molar-refractivity contribution in [3.05, 3.63) is 59.2 Å². The van der Waals surface area contributed by atoms with Gasteiger partial charge in [0.15, 0.2) is 0 Å². The van der Waals surface area contributed by atoms with Crippen molar-refractivity contribution in [1.82, 2.24) is 14.9 Å². The number of hydrogen-bond acceptors (Lipinski definition) is 3. The maximum absolute atomic E-state index is 13.6. The molecule has 3 aromatic rings. The van der Waals surface area contributed by atoms with Gasteiger partial charge in [-0.1, -0.05) is 12.1 Å². The van der Waals surface area contributed by atoms with Crippen LogP contribution in [-0.2, 0) is 9.59 Å². The van der Waals surface area contributed by atoms with Crippen molar-refractivity contribution in [2.45, 2.75) is 38.0 Å². The van der Waals surface area contributed by atoms with Gasteiger partial charge in [0.25, 0.3) is 0 Å². The summed E-state index contributed by atoms with van der Waals surface area (Å²) in [4.78, 5) is 35.5. The number of H-pyrrole nitrogens is 1. The highest BCUT2D eigenvalue weighted by atomic mass is 19.1. The van der Waals surface area contributed by atoms with Gasteiger partial charge >= 0.3 is 0 Å². The Bertz CT molecular complexity index is 1160. The van der Waals surface area contributed by atoms with E-state index in [1.54, 1.807) is 6.07 Å². The smallest absolute Gasteiger partial charge is 0.230 e. The Labute approximate surface area is 173 Å². The van der Waals surface area contributed by atoms with E-state index in [0.717, 1.165) is 29.7 Å². The average molecular weight is 406 g/mol. The zero-order valence-electron chi connectivity index (χ0n) is 16.7. The number of imidazole rings is 1. The first-order chi connectivity index (χ1) is 14.5. The Hall–Kier alpha value is -3.22. The van der Waals surface area contributed by atoms with Crippen LogP contribution in [0.1, 0.15) is 48.0 Å². The van der Waals surface area contributed by atoms with Crippen LogP contribution in [0.25, 0.3) is 11.0 Å². The number of amides is 2. The minimum atomic E-state index is -0.577. The number of nitrogens with one attached hydrogen (secondary N) is 2. The quantitative estimate of drug-likeness (QED) is 0.679. The van der Waals surface area contributed by atoms with Crippen molar-refractivity contribution in [2.24, 2.45) is 0 Å². The molecule has 2 amide bonds. The molecule has 0 aliphatic carbocycles. The number of piperidine rings is 1.